The summed E-state index contributed by atoms with van der Waals surface area (Å²) in [5, 5.41) is 11.1. The summed E-state index contributed by atoms with van der Waals surface area (Å²) in [6.45, 7) is 1.85. The Bertz CT molecular complexity index is 162. The monoisotopic (exact) mass is 127 g/mol. The first-order valence-corrected chi connectivity index (χ1v) is 3.01. The maximum absolute atomic E-state index is 10.8. The second-order valence-electron chi connectivity index (χ2n) is 2.35. The fraction of sp³-hybridized carbons (Fsp3) is 0.667. The topological polar surface area (TPSA) is 49.7 Å². The Hall–Kier alpha value is -0.860. The van der Waals surface area contributed by atoms with Gasteiger partial charge in [-0.1, -0.05) is 12.1 Å². The highest BCUT2D eigenvalue weighted by Gasteiger charge is 2.26. The minimum absolute atomic E-state index is 0.00231. The van der Waals surface area contributed by atoms with Gasteiger partial charge >= 0.3 is 0 Å². The molecule has 1 atom stereocenters. The Kier molecular flexibility index (Phi) is 1.51. The fourth-order valence-corrected chi connectivity index (χ4v) is 0.991. The number of hydrogen-bond acceptors (Lipinski definition) is 3. The normalized spacial score (nSPS) is 31.9. The van der Waals surface area contributed by atoms with Crippen LogP contribution in [-0.2, 0) is 4.79 Å². The van der Waals surface area contributed by atoms with Crippen molar-refractivity contribution in [1.29, 1.82) is 0 Å². The number of carbonyl (C=O) groups excluding carboxylic acids is 1. The van der Waals surface area contributed by atoms with Gasteiger partial charge in [0.25, 0.3) is 0 Å². The van der Waals surface area contributed by atoms with Gasteiger partial charge in [0.15, 0.2) is 5.78 Å². The largest absolute Gasteiger partial charge is 0.411 e. The smallest absolute Gasteiger partial charge is 0.183 e. The quantitative estimate of drug-likeness (QED) is 0.386. The van der Waals surface area contributed by atoms with Crippen molar-refractivity contribution in [2.24, 2.45) is 11.1 Å². The Balaban J connectivity index is 2.74. The van der Waals surface area contributed by atoms with Gasteiger partial charge in [-0.15, -0.1) is 0 Å². The van der Waals surface area contributed by atoms with E-state index in [1.165, 1.54) is 0 Å². The lowest BCUT2D eigenvalue weighted by atomic mass is 10.1. The second kappa shape index (κ2) is 2.17. The summed E-state index contributed by atoms with van der Waals surface area (Å²) < 4.78 is 0. The Morgan fingerprint density at radius 2 is 2.44 bits per heavy atom. The maximum atomic E-state index is 10.8. The van der Waals surface area contributed by atoms with E-state index in [1.54, 1.807) is 0 Å². The van der Waals surface area contributed by atoms with Crippen LogP contribution in [0.15, 0.2) is 5.16 Å². The van der Waals surface area contributed by atoms with Crippen LogP contribution in [0.5, 0.6) is 0 Å². The van der Waals surface area contributed by atoms with E-state index in [-0.39, 0.29) is 11.7 Å². The molecule has 1 aliphatic carbocycles. The molecule has 0 amide bonds. The van der Waals surface area contributed by atoms with E-state index in [1.807, 2.05) is 6.92 Å². The number of nitrogens with zero attached hydrogens (tertiary/aromatic N) is 1. The van der Waals surface area contributed by atoms with E-state index < -0.39 is 0 Å². The van der Waals surface area contributed by atoms with Crippen molar-refractivity contribution in [1.82, 2.24) is 0 Å². The van der Waals surface area contributed by atoms with E-state index in [9.17, 15) is 4.79 Å². The van der Waals surface area contributed by atoms with Crippen molar-refractivity contribution in [3.8, 4) is 0 Å². The van der Waals surface area contributed by atoms with E-state index in [0.717, 1.165) is 6.42 Å². The first-order valence-electron chi connectivity index (χ1n) is 3.01. The third kappa shape index (κ3) is 0.943. The molecule has 3 nitrogen and oxygen atoms in total. The van der Waals surface area contributed by atoms with Gasteiger partial charge in [0.1, 0.15) is 5.71 Å². The summed E-state index contributed by atoms with van der Waals surface area (Å²) in [6.07, 6.45) is 1.47. The number of rotatable bonds is 0. The molecular weight excluding hydrogens is 118 g/mol. The second-order valence-corrected chi connectivity index (χ2v) is 2.35. The third-order valence-electron chi connectivity index (χ3n) is 1.67. The molecule has 0 aliphatic heterocycles. The van der Waals surface area contributed by atoms with E-state index in [0.29, 0.717) is 12.1 Å². The molecule has 3 heteroatoms. The number of carbonyl (C=O) groups is 1. The van der Waals surface area contributed by atoms with Crippen LogP contribution in [0.25, 0.3) is 0 Å². The van der Waals surface area contributed by atoms with Crippen LogP contribution < -0.4 is 0 Å². The van der Waals surface area contributed by atoms with Crippen molar-refractivity contribution in [2.45, 2.75) is 19.8 Å². The van der Waals surface area contributed by atoms with Gasteiger partial charge in [-0.2, -0.15) is 0 Å². The van der Waals surface area contributed by atoms with Gasteiger partial charge in [-0.25, -0.2) is 0 Å². The SMILES string of the molecule is CC1CC/C(=N\O)C1=O. The molecule has 50 valence electrons. The van der Waals surface area contributed by atoms with Gasteiger partial charge in [-0.05, 0) is 12.8 Å². The number of ketones is 1. The van der Waals surface area contributed by atoms with Gasteiger partial charge in [0.2, 0.25) is 0 Å². The lowest BCUT2D eigenvalue weighted by Gasteiger charge is -1.91. The Morgan fingerprint density at radius 1 is 1.78 bits per heavy atom. The highest BCUT2D eigenvalue weighted by molar-refractivity contribution is 6.42. The minimum atomic E-state index is -0.00231. The zero-order valence-electron chi connectivity index (χ0n) is 5.29. The Morgan fingerprint density at radius 3 is 2.67 bits per heavy atom. The number of hydrogen-bond donors (Lipinski definition) is 1. The first kappa shape index (κ1) is 6.26. The molecule has 9 heavy (non-hydrogen) atoms. The van der Waals surface area contributed by atoms with Gasteiger partial charge < -0.3 is 5.21 Å². The summed E-state index contributed by atoms with van der Waals surface area (Å²) >= 11 is 0. The molecule has 0 aromatic heterocycles. The minimum Gasteiger partial charge on any atom is -0.411 e. The fourth-order valence-electron chi connectivity index (χ4n) is 0.991. The molecular formula is C6H9NO2. The van der Waals surface area contributed by atoms with E-state index in [2.05, 4.69) is 5.16 Å². The molecule has 0 aromatic rings. The van der Waals surface area contributed by atoms with Crippen molar-refractivity contribution >= 4 is 11.5 Å². The van der Waals surface area contributed by atoms with Crippen LogP contribution in [0.1, 0.15) is 19.8 Å². The van der Waals surface area contributed by atoms with Gasteiger partial charge in [0.05, 0.1) is 0 Å². The molecule has 0 spiro atoms. The zero-order chi connectivity index (χ0) is 6.85. The van der Waals surface area contributed by atoms with Crippen molar-refractivity contribution in [3.63, 3.8) is 0 Å². The predicted molar refractivity (Wildman–Crippen MR) is 32.6 cm³/mol. The number of Topliss-reactive ketones (excluding diaryl/α,β-unsaturated/α-hetero) is 1. The lowest BCUT2D eigenvalue weighted by Crippen LogP contribution is -2.10. The van der Waals surface area contributed by atoms with Crippen LogP contribution in [-0.4, -0.2) is 16.7 Å². The maximum Gasteiger partial charge on any atom is 0.183 e. The van der Waals surface area contributed by atoms with Crippen LogP contribution in [0.2, 0.25) is 0 Å². The van der Waals surface area contributed by atoms with Crippen LogP contribution >= 0.6 is 0 Å². The van der Waals surface area contributed by atoms with Crippen LogP contribution in [0.3, 0.4) is 0 Å². The van der Waals surface area contributed by atoms with Gasteiger partial charge in [0, 0.05) is 5.92 Å². The van der Waals surface area contributed by atoms with Crippen molar-refractivity contribution in [3.05, 3.63) is 0 Å². The average molecular weight is 127 g/mol. The lowest BCUT2D eigenvalue weighted by molar-refractivity contribution is -0.115. The van der Waals surface area contributed by atoms with Crippen LogP contribution in [0, 0.1) is 5.92 Å². The van der Waals surface area contributed by atoms with Crippen molar-refractivity contribution < 1.29 is 10.0 Å². The molecule has 1 aliphatic rings. The molecule has 1 N–H and O–H groups in total. The molecule has 0 bridgehead atoms. The summed E-state index contributed by atoms with van der Waals surface area (Å²) in [4.78, 5) is 10.8. The Labute approximate surface area is 53.4 Å². The summed E-state index contributed by atoms with van der Waals surface area (Å²) in [6, 6.07) is 0. The van der Waals surface area contributed by atoms with Crippen LogP contribution in [0.4, 0.5) is 0 Å². The van der Waals surface area contributed by atoms with E-state index >= 15 is 0 Å². The summed E-state index contributed by atoms with van der Waals surface area (Å²) in [7, 11) is 0. The van der Waals surface area contributed by atoms with Crippen molar-refractivity contribution in [2.75, 3.05) is 0 Å². The standard InChI is InChI=1S/C6H9NO2/c1-4-2-3-5(7-9)6(4)8/h4,9H,2-3H2,1H3/b7-5+. The molecule has 0 saturated heterocycles. The molecule has 1 rings (SSSR count). The summed E-state index contributed by atoms with van der Waals surface area (Å²) in [5.74, 6) is 0.0633. The van der Waals surface area contributed by atoms with Gasteiger partial charge in [-0.3, -0.25) is 4.79 Å². The highest BCUT2D eigenvalue weighted by atomic mass is 16.4. The predicted octanol–water partition coefficient (Wildman–Crippen LogP) is 0.816. The first-order chi connectivity index (χ1) is 4.25. The molecule has 1 fully saturated rings. The summed E-state index contributed by atoms with van der Waals surface area (Å²) in [5.41, 5.74) is 0.336. The average Bonchev–Trinajstić information content (AvgIpc) is 2.15. The third-order valence-corrected chi connectivity index (χ3v) is 1.67. The molecule has 0 heterocycles. The molecule has 0 aromatic carbocycles. The zero-order valence-corrected chi connectivity index (χ0v) is 5.29. The molecule has 1 unspecified atom stereocenters. The highest BCUT2D eigenvalue weighted by Crippen LogP contribution is 2.17. The number of oxime groups is 1. The molecule has 0 radical (unpaired) electrons. The molecule has 1 saturated carbocycles. The van der Waals surface area contributed by atoms with E-state index in [4.69, 9.17) is 5.21 Å².